The molecule has 3 aromatic rings. The van der Waals surface area contributed by atoms with Crippen molar-refractivity contribution in [3.63, 3.8) is 0 Å². The number of amides is 1. The first-order valence-corrected chi connectivity index (χ1v) is 11.7. The third-order valence-corrected chi connectivity index (χ3v) is 7.41. The number of nitrogens with zero attached hydrogens (tertiary/aromatic N) is 2. The monoisotopic (exact) mass is 450 g/mol. The minimum absolute atomic E-state index is 0.00420. The van der Waals surface area contributed by atoms with Gasteiger partial charge >= 0.3 is 6.09 Å². The summed E-state index contributed by atoms with van der Waals surface area (Å²) in [5.41, 5.74) is 6.42. The Kier molecular flexibility index (Phi) is 4.95. The van der Waals surface area contributed by atoms with Crippen molar-refractivity contribution in [2.24, 2.45) is 0 Å². The Morgan fingerprint density at radius 1 is 0.971 bits per heavy atom. The van der Waals surface area contributed by atoms with Gasteiger partial charge in [0.15, 0.2) is 0 Å². The van der Waals surface area contributed by atoms with E-state index < -0.39 is 5.82 Å². The molecule has 6 rings (SSSR count). The number of ether oxygens (including phenoxy) is 1. The highest BCUT2D eigenvalue weighted by atomic mass is 19.1. The highest BCUT2D eigenvalue weighted by molar-refractivity contribution is 5.80. The number of benzene rings is 3. The van der Waals surface area contributed by atoms with Gasteiger partial charge in [-0.2, -0.15) is 5.26 Å². The van der Waals surface area contributed by atoms with E-state index in [1.54, 1.807) is 12.1 Å². The highest BCUT2D eigenvalue weighted by Gasteiger charge is 2.41. The summed E-state index contributed by atoms with van der Waals surface area (Å²) in [7, 11) is 0. The molecule has 0 spiro atoms. The maximum atomic E-state index is 14.1. The first kappa shape index (κ1) is 20.7. The van der Waals surface area contributed by atoms with E-state index >= 15 is 0 Å². The Hall–Kier alpha value is -3.91. The molecule has 1 fully saturated rings. The van der Waals surface area contributed by atoms with Gasteiger partial charge < -0.3 is 4.74 Å². The van der Waals surface area contributed by atoms with Crippen LogP contribution in [0.1, 0.15) is 47.4 Å². The summed E-state index contributed by atoms with van der Waals surface area (Å²) in [5, 5.41) is 9.43. The normalized spacial score (nSPS) is 20.4. The minimum atomic E-state index is -0.507. The molecule has 2 unspecified atom stereocenters. The summed E-state index contributed by atoms with van der Waals surface area (Å²) in [5.74, 6) is -0.484. The molecule has 4 nitrogen and oxygen atoms in total. The second kappa shape index (κ2) is 8.14. The van der Waals surface area contributed by atoms with E-state index in [1.165, 1.54) is 28.3 Å². The summed E-state index contributed by atoms with van der Waals surface area (Å²) < 4.78 is 20.1. The molecule has 2 atom stereocenters. The second-order valence-corrected chi connectivity index (χ2v) is 9.18. The van der Waals surface area contributed by atoms with Crippen molar-refractivity contribution in [1.29, 1.82) is 5.26 Å². The maximum absolute atomic E-state index is 14.1. The van der Waals surface area contributed by atoms with Crippen molar-refractivity contribution >= 4 is 11.7 Å². The fraction of sp³-hybridized carbons (Fsp3) is 0.241. The van der Waals surface area contributed by atoms with Gasteiger partial charge in [0.2, 0.25) is 0 Å². The number of halogens is 1. The number of carbonyl (C=O) groups excluding carboxylic acids is 1. The molecular weight excluding hydrogens is 427 g/mol. The molecule has 1 aliphatic carbocycles. The molecule has 0 N–H and O–H groups in total. The van der Waals surface area contributed by atoms with Gasteiger partial charge in [-0.25, -0.2) is 9.18 Å². The van der Waals surface area contributed by atoms with Crippen LogP contribution in [0.2, 0.25) is 0 Å². The van der Waals surface area contributed by atoms with Gasteiger partial charge in [-0.1, -0.05) is 66.7 Å². The van der Waals surface area contributed by atoms with Crippen molar-refractivity contribution in [2.45, 2.75) is 37.3 Å². The van der Waals surface area contributed by atoms with E-state index in [9.17, 15) is 14.4 Å². The van der Waals surface area contributed by atoms with Gasteiger partial charge in [-0.3, -0.25) is 4.90 Å². The molecule has 2 heterocycles. The molecular formula is C29H23FN2O2. The zero-order valence-electron chi connectivity index (χ0n) is 18.6. The Morgan fingerprint density at radius 2 is 1.65 bits per heavy atom. The van der Waals surface area contributed by atoms with Gasteiger partial charge in [0.05, 0.1) is 11.6 Å². The molecule has 0 saturated carbocycles. The van der Waals surface area contributed by atoms with Gasteiger partial charge in [0, 0.05) is 12.0 Å². The first-order chi connectivity index (χ1) is 16.7. The maximum Gasteiger partial charge on any atom is 0.410 e. The summed E-state index contributed by atoms with van der Waals surface area (Å²) in [6.45, 7) is 0.294. The molecule has 0 radical (unpaired) electrons. The third kappa shape index (κ3) is 3.21. The summed E-state index contributed by atoms with van der Waals surface area (Å²) in [4.78, 5) is 15.1. The smallest absolute Gasteiger partial charge is 0.410 e. The Balaban J connectivity index is 1.22. The molecule has 1 amide bonds. The van der Waals surface area contributed by atoms with Gasteiger partial charge in [-0.05, 0) is 58.7 Å². The van der Waals surface area contributed by atoms with Crippen LogP contribution in [0.5, 0.6) is 0 Å². The second-order valence-electron chi connectivity index (χ2n) is 9.18. The van der Waals surface area contributed by atoms with E-state index in [0.29, 0.717) is 18.6 Å². The number of hydrogen-bond acceptors (Lipinski definition) is 3. The molecule has 2 aliphatic heterocycles. The lowest BCUT2D eigenvalue weighted by Gasteiger charge is -2.33. The lowest BCUT2D eigenvalue weighted by Crippen LogP contribution is -2.43. The SMILES string of the molecule is N#Cc1c(F)cccc1C1=CC2CCC(C1)N2C(=O)OCC1c2ccccc2-c2ccccc21. The van der Waals surface area contributed by atoms with E-state index in [0.717, 1.165) is 18.4 Å². The molecule has 5 heteroatoms. The molecule has 1 saturated heterocycles. The van der Waals surface area contributed by atoms with Gasteiger partial charge in [0.1, 0.15) is 18.5 Å². The molecule has 0 aromatic heterocycles. The third-order valence-electron chi connectivity index (χ3n) is 7.41. The minimum Gasteiger partial charge on any atom is -0.448 e. The quantitative estimate of drug-likeness (QED) is 0.473. The van der Waals surface area contributed by atoms with Crippen LogP contribution < -0.4 is 0 Å². The van der Waals surface area contributed by atoms with Gasteiger partial charge in [0.25, 0.3) is 0 Å². The number of rotatable bonds is 3. The van der Waals surface area contributed by atoms with Crippen LogP contribution in [0.25, 0.3) is 16.7 Å². The van der Waals surface area contributed by atoms with Crippen molar-refractivity contribution in [1.82, 2.24) is 4.90 Å². The topological polar surface area (TPSA) is 53.3 Å². The Morgan fingerprint density at radius 3 is 2.32 bits per heavy atom. The van der Waals surface area contributed by atoms with E-state index in [4.69, 9.17) is 4.74 Å². The molecule has 2 bridgehead atoms. The van der Waals surface area contributed by atoms with Crippen molar-refractivity contribution in [3.05, 3.63) is 101 Å². The van der Waals surface area contributed by atoms with Crippen molar-refractivity contribution in [2.75, 3.05) is 6.61 Å². The van der Waals surface area contributed by atoms with Crippen LogP contribution in [-0.4, -0.2) is 29.7 Å². The fourth-order valence-electron chi connectivity index (χ4n) is 5.89. The average Bonchev–Trinajstić information content (AvgIpc) is 3.33. The summed E-state index contributed by atoms with van der Waals surface area (Å²) >= 11 is 0. The predicted molar refractivity (Wildman–Crippen MR) is 127 cm³/mol. The zero-order valence-corrected chi connectivity index (χ0v) is 18.6. The van der Waals surface area contributed by atoms with Crippen LogP contribution >= 0.6 is 0 Å². The lowest BCUT2D eigenvalue weighted by atomic mass is 9.92. The van der Waals surface area contributed by atoms with E-state index in [1.807, 2.05) is 41.3 Å². The van der Waals surface area contributed by atoms with Crippen LogP contribution in [0.3, 0.4) is 0 Å². The van der Waals surface area contributed by atoms with Crippen LogP contribution in [0.4, 0.5) is 9.18 Å². The van der Waals surface area contributed by atoms with Crippen LogP contribution in [-0.2, 0) is 4.74 Å². The lowest BCUT2D eigenvalue weighted by molar-refractivity contribution is 0.0866. The molecule has 3 aromatic carbocycles. The van der Waals surface area contributed by atoms with Gasteiger partial charge in [-0.15, -0.1) is 0 Å². The highest BCUT2D eigenvalue weighted by Crippen LogP contribution is 2.45. The number of fused-ring (bicyclic) bond motifs is 5. The molecule has 34 heavy (non-hydrogen) atoms. The standard InChI is InChI=1S/C29H23FN2O2/c30-28-11-5-10-21(26(28)16-31)18-14-19-12-13-20(15-18)32(19)29(33)34-17-27-24-8-3-1-6-22(24)23-7-2-4-9-25(23)27/h1-11,14,19-20,27H,12-13,15,17H2. The summed E-state index contributed by atoms with van der Waals surface area (Å²) in [6.07, 6.45) is 4.02. The molecule has 168 valence electrons. The first-order valence-electron chi connectivity index (χ1n) is 11.7. The largest absolute Gasteiger partial charge is 0.448 e. The summed E-state index contributed by atoms with van der Waals surface area (Å²) in [6, 6.07) is 23.2. The van der Waals surface area contributed by atoms with Crippen molar-refractivity contribution < 1.29 is 13.9 Å². The van der Waals surface area contributed by atoms with E-state index in [2.05, 4.69) is 24.3 Å². The number of nitriles is 1. The van der Waals surface area contributed by atoms with Crippen molar-refractivity contribution in [3.8, 4) is 17.2 Å². The van der Waals surface area contributed by atoms with E-state index in [-0.39, 0.29) is 29.7 Å². The Labute approximate surface area is 197 Å². The number of carbonyl (C=O) groups is 1. The Bertz CT molecular complexity index is 1330. The number of hydrogen-bond donors (Lipinski definition) is 0. The zero-order chi connectivity index (χ0) is 23.2. The van der Waals surface area contributed by atoms with Crippen LogP contribution in [0.15, 0.2) is 72.8 Å². The predicted octanol–water partition coefficient (Wildman–Crippen LogP) is 6.27. The fourth-order valence-corrected chi connectivity index (χ4v) is 5.89. The molecule has 3 aliphatic rings. The van der Waals surface area contributed by atoms with Crippen LogP contribution in [0, 0.1) is 17.1 Å². The average molecular weight is 451 g/mol.